The fraction of sp³-hybridized carbons (Fsp3) is 0.467. The predicted molar refractivity (Wildman–Crippen MR) is 73.4 cm³/mol. The molecule has 0 radical (unpaired) electrons. The van der Waals surface area contributed by atoms with Crippen LogP contribution in [-0.4, -0.2) is 11.6 Å². The Labute approximate surface area is 108 Å². The lowest BCUT2D eigenvalue weighted by Gasteiger charge is -2.01. The van der Waals surface area contributed by atoms with Gasteiger partial charge in [0.05, 0.1) is 0 Å². The quantitative estimate of drug-likeness (QED) is 0.627. The maximum absolute atomic E-state index is 11.9. The van der Waals surface area contributed by atoms with Gasteiger partial charge in [0.1, 0.15) is 0 Å². The molecule has 2 atom stereocenters. The van der Waals surface area contributed by atoms with E-state index in [1.54, 1.807) is 0 Å². The number of amides is 1. The highest BCUT2D eigenvalue weighted by molar-refractivity contribution is 5.86. The summed E-state index contributed by atoms with van der Waals surface area (Å²) < 4.78 is 0. The molecule has 1 amide bonds. The van der Waals surface area contributed by atoms with Crippen molar-refractivity contribution in [1.82, 2.24) is 5.43 Å². The number of nitrogens with one attached hydrogen (secondary N) is 1. The van der Waals surface area contributed by atoms with E-state index in [1.165, 1.54) is 5.56 Å². The zero-order valence-corrected chi connectivity index (χ0v) is 11.0. The van der Waals surface area contributed by atoms with Crippen LogP contribution >= 0.6 is 0 Å². The first-order valence-electron chi connectivity index (χ1n) is 6.60. The molecule has 0 bridgehead atoms. The predicted octanol–water partition coefficient (Wildman–Crippen LogP) is 3.08. The molecule has 3 heteroatoms. The molecule has 1 aromatic rings. The van der Waals surface area contributed by atoms with Crippen LogP contribution in [-0.2, 0) is 4.79 Å². The third-order valence-electron chi connectivity index (χ3n) is 3.32. The summed E-state index contributed by atoms with van der Waals surface area (Å²) in [6.07, 6.45) is 2.94. The molecule has 1 fully saturated rings. The Kier molecular flexibility index (Phi) is 4.13. The Morgan fingerprint density at radius 2 is 2.11 bits per heavy atom. The summed E-state index contributed by atoms with van der Waals surface area (Å²) in [5.41, 5.74) is 4.92. The number of hydrogen-bond acceptors (Lipinski definition) is 2. The Morgan fingerprint density at radius 1 is 1.39 bits per heavy atom. The standard InChI is InChI=1S/C15H20N2O/c1-3-7-11(2)16-17-15(18)14-10-13(14)12-8-5-4-6-9-12/h4-6,8-9,13-14H,3,7,10H2,1-2H3,(H,17,18)/b16-11+. The van der Waals surface area contributed by atoms with Crippen LogP contribution in [0.25, 0.3) is 0 Å². The lowest BCUT2D eigenvalue weighted by Crippen LogP contribution is -2.21. The van der Waals surface area contributed by atoms with Gasteiger partial charge in [-0.25, -0.2) is 5.43 Å². The van der Waals surface area contributed by atoms with Gasteiger partial charge in [-0.05, 0) is 31.2 Å². The third-order valence-corrected chi connectivity index (χ3v) is 3.32. The first kappa shape index (κ1) is 12.8. The molecule has 0 saturated heterocycles. The van der Waals surface area contributed by atoms with Crippen molar-refractivity contribution >= 4 is 11.6 Å². The summed E-state index contributed by atoms with van der Waals surface area (Å²) in [6.45, 7) is 4.05. The molecule has 96 valence electrons. The molecule has 1 N–H and O–H groups in total. The van der Waals surface area contributed by atoms with Crippen LogP contribution in [0.15, 0.2) is 35.4 Å². The Morgan fingerprint density at radius 3 is 2.78 bits per heavy atom. The molecular formula is C15H20N2O. The Balaban J connectivity index is 1.85. The van der Waals surface area contributed by atoms with Gasteiger partial charge in [-0.1, -0.05) is 43.7 Å². The van der Waals surface area contributed by atoms with Gasteiger partial charge in [-0.3, -0.25) is 4.79 Å². The highest BCUT2D eigenvalue weighted by Crippen LogP contribution is 2.47. The van der Waals surface area contributed by atoms with E-state index in [0.29, 0.717) is 5.92 Å². The molecule has 0 aliphatic heterocycles. The molecule has 2 rings (SSSR count). The second-order valence-electron chi connectivity index (χ2n) is 4.93. The molecule has 18 heavy (non-hydrogen) atoms. The van der Waals surface area contributed by atoms with Crippen LogP contribution in [0.3, 0.4) is 0 Å². The molecule has 1 aliphatic carbocycles. The van der Waals surface area contributed by atoms with Crippen molar-refractivity contribution < 1.29 is 4.79 Å². The zero-order chi connectivity index (χ0) is 13.0. The van der Waals surface area contributed by atoms with Crippen LogP contribution in [0.5, 0.6) is 0 Å². The van der Waals surface area contributed by atoms with Gasteiger partial charge in [0, 0.05) is 11.6 Å². The van der Waals surface area contributed by atoms with E-state index < -0.39 is 0 Å². The average molecular weight is 244 g/mol. The zero-order valence-electron chi connectivity index (χ0n) is 11.0. The van der Waals surface area contributed by atoms with E-state index in [0.717, 1.165) is 25.0 Å². The number of hydrazone groups is 1. The van der Waals surface area contributed by atoms with Gasteiger partial charge >= 0.3 is 0 Å². The van der Waals surface area contributed by atoms with Crippen molar-refractivity contribution in [1.29, 1.82) is 0 Å². The maximum atomic E-state index is 11.9. The van der Waals surface area contributed by atoms with Gasteiger partial charge in [-0.2, -0.15) is 5.10 Å². The van der Waals surface area contributed by atoms with Gasteiger partial charge in [0.15, 0.2) is 0 Å². The van der Waals surface area contributed by atoms with Crippen LogP contribution in [0.4, 0.5) is 0 Å². The lowest BCUT2D eigenvalue weighted by molar-refractivity contribution is -0.122. The van der Waals surface area contributed by atoms with Crippen molar-refractivity contribution in [3.63, 3.8) is 0 Å². The van der Waals surface area contributed by atoms with E-state index in [-0.39, 0.29) is 11.8 Å². The molecule has 3 nitrogen and oxygen atoms in total. The molecule has 0 heterocycles. The Bertz CT molecular complexity index is 439. The fourth-order valence-corrected chi connectivity index (χ4v) is 2.20. The molecule has 0 aromatic heterocycles. The van der Waals surface area contributed by atoms with E-state index in [4.69, 9.17) is 0 Å². The van der Waals surface area contributed by atoms with Crippen LogP contribution < -0.4 is 5.43 Å². The minimum Gasteiger partial charge on any atom is -0.273 e. The van der Waals surface area contributed by atoms with Crippen molar-refractivity contribution in [3.05, 3.63) is 35.9 Å². The summed E-state index contributed by atoms with van der Waals surface area (Å²) in [6, 6.07) is 10.2. The topological polar surface area (TPSA) is 41.5 Å². The molecule has 1 aromatic carbocycles. The maximum Gasteiger partial charge on any atom is 0.243 e. The first-order valence-corrected chi connectivity index (χ1v) is 6.60. The van der Waals surface area contributed by atoms with Gasteiger partial charge in [0.25, 0.3) is 0 Å². The molecule has 1 saturated carbocycles. The normalized spacial score (nSPS) is 22.7. The number of benzene rings is 1. The van der Waals surface area contributed by atoms with Gasteiger partial charge in [0.2, 0.25) is 5.91 Å². The molecule has 0 spiro atoms. The summed E-state index contributed by atoms with van der Waals surface area (Å²) in [4.78, 5) is 11.9. The van der Waals surface area contributed by atoms with E-state index in [9.17, 15) is 4.79 Å². The number of rotatable bonds is 5. The minimum absolute atomic E-state index is 0.0549. The lowest BCUT2D eigenvalue weighted by atomic mass is 10.1. The largest absolute Gasteiger partial charge is 0.273 e. The number of nitrogens with zero attached hydrogens (tertiary/aromatic N) is 1. The third kappa shape index (κ3) is 3.19. The number of carbonyl (C=O) groups excluding carboxylic acids is 1. The smallest absolute Gasteiger partial charge is 0.243 e. The van der Waals surface area contributed by atoms with E-state index >= 15 is 0 Å². The number of hydrogen-bond donors (Lipinski definition) is 1. The van der Waals surface area contributed by atoms with Gasteiger partial charge < -0.3 is 0 Å². The van der Waals surface area contributed by atoms with Crippen molar-refractivity contribution in [2.24, 2.45) is 11.0 Å². The highest BCUT2D eigenvalue weighted by Gasteiger charge is 2.43. The Hall–Kier alpha value is -1.64. The summed E-state index contributed by atoms with van der Waals surface area (Å²) in [5, 5.41) is 4.12. The van der Waals surface area contributed by atoms with Crippen LogP contribution in [0, 0.1) is 5.92 Å². The highest BCUT2D eigenvalue weighted by atomic mass is 16.2. The van der Waals surface area contributed by atoms with E-state index in [2.05, 4.69) is 29.6 Å². The summed E-state index contributed by atoms with van der Waals surface area (Å²) >= 11 is 0. The number of carbonyl (C=O) groups is 1. The molecular weight excluding hydrogens is 224 g/mol. The molecule has 2 unspecified atom stereocenters. The monoisotopic (exact) mass is 244 g/mol. The second kappa shape index (κ2) is 5.80. The van der Waals surface area contributed by atoms with Crippen molar-refractivity contribution in [2.45, 2.75) is 39.0 Å². The van der Waals surface area contributed by atoms with Gasteiger partial charge in [-0.15, -0.1) is 0 Å². The van der Waals surface area contributed by atoms with Crippen molar-refractivity contribution in [2.75, 3.05) is 0 Å². The first-order chi connectivity index (χ1) is 8.72. The fourth-order valence-electron chi connectivity index (χ4n) is 2.20. The summed E-state index contributed by atoms with van der Waals surface area (Å²) in [5.74, 6) is 0.540. The summed E-state index contributed by atoms with van der Waals surface area (Å²) in [7, 11) is 0. The van der Waals surface area contributed by atoms with E-state index in [1.807, 2.05) is 25.1 Å². The van der Waals surface area contributed by atoms with Crippen LogP contribution in [0.2, 0.25) is 0 Å². The molecule has 1 aliphatic rings. The SMILES string of the molecule is CCC/C(C)=N/NC(=O)C1CC1c1ccccc1. The average Bonchev–Trinajstić information content (AvgIpc) is 3.18. The van der Waals surface area contributed by atoms with Crippen LogP contribution in [0.1, 0.15) is 44.6 Å². The van der Waals surface area contributed by atoms with Crippen molar-refractivity contribution in [3.8, 4) is 0 Å². The minimum atomic E-state index is 0.0549. The second-order valence-corrected chi connectivity index (χ2v) is 4.93.